The second kappa shape index (κ2) is 1.60. The summed E-state index contributed by atoms with van der Waals surface area (Å²) in [6.45, 7) is 7.38. The van der Waals surface area contributed by atoms with Gasteiger partial charge in [-0.1, -0.05) is 20.8 Å². The van der Waals surface area contributed by atoms with Crippen LogP contribution in [-0.4, -0.2) is 0 Å². The normalized spacial score (nSPS) is 32.4. The lowest BCUT2D eigenvalue weighted by Gasteiger charge is -2.25. The Morgan fingerprint density at radius 3 is 1.40 bits per heavy atom. The van der Waals surface area contributed by atoms with E-state index >= 15 is 0 Å². The van der Waals surface area contributed by atoms with Crippen molar-refractivity contribution in [3.63, 3.8) is 0 Å². The highest BCUT2D eigenvalue weighted by atomic mass is 14.6. The molecule has 2 rings (SSSR count). The van der Waals surface area contributed by atoms with E-state index in [0.29, 0.717) is 0 Å². The van der Waals surface area contributed by atoms with E-state index in [0.717, 1.165) is 16.7 Å². The summed E-state index contributed by atoms with van der Waals surface area (Å²) < 4.78 is 0. The van der Waals surface area contributed by atoms with Gasteiger partial charge in [-0.2, -0.15) is 0 Å². The van der Waals surface area contributed by atoms with Crippen LogP contribution in [0.2, 0.25) is 0 Å². The molecule has 0 aromatic carbocycles. The molecule has 0 nitrogen and oxygen atoms in total. The summed E-state index contributed by atoms with van der Waals surface area (Å²) >= 11 is 0. The predicted molar refractivity (Wildman–Crippen MR) is 43.8 cm³/mol. The Morgan fingerprint density at radius 1 is 0.900 bits per heavy atom. The Kier molecular flexibility index (Phi) is 1.07. The van der Waals surface area contributed by atoms with Crippen molar-refractivity contribution in [3.8, 4) is 0 Å². The van der Waals surface area contributed by atoms with Crippen molar-refractivity contribution < 1.29 is 0 Å². The van der Waals surface area contributed by atoms with Gasteiger partial charge < -0.3 is 0 Å². The average molecular weight is 138 g/mol. The van der Waals surface area contributed by atoms with Crippen molar-refractivity contribution in [2.45, 2.75) is 46.5 Å². The Bertz CT molecular complexity index is 131. The number of hydrogen-bond acceptors (Lipinski definition) is 0. The zero-order valence-electron chi connectivity index (χ0n) is 7.41. The Labute approximate surface area is 64.0 Å². The van der Waals surface area contributed by atoms with Gasteiger partial charge in [-0.25, -0.2) is 0 Å². The zero-order valence-corrected chi connectivity index (χ0v) is 7.41. The molecule has 10 heavy (non-hydrogen) atoms. The van der Waals surface area contributed by atoms with Crippen LogP contribution < -0.4 is 0 Å². The second-order valence-electron chi connectivity index (χ2n) is 5.03. The van der Waals surface area contributed by atoms with E-state index in [9.17, 15) is 0 Å². The fraction of sp³-hybridized carbons (Fsp3) is 1.00. The Hall–Kier alpha value is 0. The van der Waals surface area contributed by atoms with Crippen molar-refractivity contribution in [1.82, 2.24) is 0 Å². The molecule has 0 N–H and O–H groups in total. The van der Waals surface area contributed by atoms with E-state index in [2.05, 4.69) is 20.8 Å². The van der Waals surface area contributed by atoms with Crippen molar-refractivity contribution in [3.05, 3.63) is 0 Å². The number of rotatable bonds is 2. The summed E-state index contributed by atoms with van der Waals surface area (Å²) in [6, 6.07) is 0. The molecule has 2 fully saturated rings. The molecule has 0 unspecified atom stereocenters. The van der Waals surface area contributed by atoms with E-state index in [1.165, 1.54) is 25.7 Å². The van der Waals surface area contributed by atoms with Gasteiger partial charge in [0, 0.05) is 0 Å². The third kappa shape index (κ3) is 0.810. The standard InChI is InChI=1S/C10H18/c1-8(9(2)4-5-9)10(3)6-7-10/h8H,4-7H2,1-3H3. The maximum Gasteiger partial charge on any atom is -0.0295 e. The molecule has 0 aliphatic heterocycles. The van der Waals surface area contributed by atoms with Crippen LogP contribution in [0, 0.1) is 16.7 Å². The van der Waals surface area contributed by atoms with E-state index in [1.807, 2.05) is 0 Å². The minimum atomic E-state index is 0.755. The van der Waals surface area contributed by atoms with Gasteiger partial charge in [-0.15, -0.1) is 0 Å². The third-order valence-electron chi connectivity index (χ3n) is 4.17. The first-order valence-corrected chi connectivity index (χ1v) is 4.57. The summed E-state index contributed by atoms with van der Waals surface area (Å²) in [7, 11) is 0. The maximum absolute atomic E-state index is 2.46. The monoisotopic (exact) mass is 138 g/mol. The van der Waals surface area contributed by atoms with Gasteiger partial charge in [0.2, 0.25) is 0 Å². The van der Waals surface area contributed by atoms with Gasteiger partial charge in [0.25, 0.3) is 0 Å². The van der Waals surface area contributed by atoms with Crippen LogP contribution in [0.3, 0.4) is 0 Å². The Balaban J connectivity index is 2.04. The highest BCUT2D eigenvalue weighted by molar-refractivity contribution is 5.04. The van der Waals surface area contributed by atoms with Crippen LogP contribution in [0.5, 0.6) is 0 Å². The lowest BCUT2D eigenvalue weighted by Crippen LogP contribution is -2.18. The molecule has 2 aliphatic carbocycles. The summed E-state index contributed by atoms with van der Waals surface area (Å²) in [6.07, 6.45) is 5.96. The minimum Gasteiger partial charge on any atom is -0.0615 e. The summed E-state index contributed by atoms with van der Waals surface area (Å²) in [5.41, 5.74) is 1.51. The highest BCUT2D eigenvalue weighted by Gasteiger charge is 2.54. The molecule has 0 aromatic heterocycles. The SMILES string of the molecule is CC(C1(C)CC1)C1(C)CC1. The Morgan fingerprint density at radius 2 is 1.20 bits per heavy atom. The largest absolute Gasteiger partial charge is 0.0615 e. The lowest BCUT2D eigenvalue weighted by molar-refractivity contribution is 0.240. The van der Waals surface area contributed by atoms with E-state index < -0.39 is 0 Å². The lowest BCUT2D eigenvalue weighted by atomic mass is 9.80. The fourth-order valence-electron chi connectivity index (χ4n) is 2.10. The van der Waals surface area contributed by atoms with Crippen molar-refractivity contribution in [2.24, 2.45) is 16.7 Å². The van der Waals surface area contributed by atoms with Crippen LogP contribution in [0.25, 0.3) is 0 Å². The van der Waals surface area contributed by atoms with Crippen molar-refractivity contribution in [2.75, 3.05) is 0 Å². The summed E-state index contributed by atoms with van der Waals surface area (Å²) in [5.74, 6) is 0.986. The molecule has 0 bridgehead atoms. The second-order valence-corrected chi connectivity index (χ2v) is 5.03. The summed E-state index contributed by atoms with van der Waals surface area (Å²) in [5, 5.41) is 0. The molecule has 0 saturated heterocycles. The molecule has 58 valence electrons. The summed E-state index contributed by atoms with van der Waals surface area (Å²) in [4.78, 5) is 0. The van der Waals surface area contributed by atoms with Crippen LogP contribution in [0.1, 0.15) is 46.5 Å². The molecule has 2 saturated carbocycles. The van der Waals surface area contributed by atoms with Crippen LogP contribution in [-0.2, 0) is 0 Å². The van der Waals surface area contributed by atoms with E-state index in [1.54, 1.807) is 0 Å². The topological polar surface area (TPSA) is 0 Å². The first kappa shape index (κ1) is 6.69. The highest BCUT2D eigenvalue weighted by Crippen LogP contribution is 2.64. The fourth-order valence-corrected chi connectivity index (χ4v) is 2.10. The first-order chi connectivity index (χ1) is 4.57. The van der Waals surface area contributed by atoms with Gasteiger partial charge in [-0.3, -0.25) is 0 Å². The quantitative estimate of drug-likeness (QED) is 0.549. The molecule has 0 aromatic rings. The van der Waals surface area contributed by atoms with Crippen molar-refractivity contribution in [1.29, 1.82) is 0 Å². The zero-order chi connectivity index (χ0) is 7.41. The average Bonchev–Trinajstić information content (AvgIpc) is 2.73. The van der Waals surface area contributed by atoms with Crippen LogP contribution in [0.4, 0.5) is 0 Å². The van der Waals surface area contributed by atoms with E-state index in [4.69, 9.17) is 0 Å². The van der Waals surface area contributed by atoms with Crippen molar-refractivity contribution >= 4 is 0 Å². The van der Waals surface area contributed by atoms with Crippen LogP contribution >= 0.6 is 0 Å². The van der Waals surface area contributed by atoms with Gasteiger partial charge in [0.1, 0.15) is 0 Å². The predicted octanol–water partition coefficient (Wildman–Crippen LogP) is 3.22. The molecule has 0 heteroatoms. The molecular formula is C10H18. The van der Waals surface area contributed by atoms with Gasteiger partial charge in [-0.05, 0) is 42.4 Å². The maximum atomic E-state index is 2.46. The molecule has 0 spiro atoms. The van der Waals surface area contributed by atoms with Crippen LogP contribution in [0.15, 0.2) is 0 Å². The van der Waals surface area contributed by atoms with Gasteiger partial charge in [0.05, 0.1) is 0 Å². The smallest absolute Gasteiger partial charge is 0.0295 e. The molecular weight excluding hydrogens is 120 g/mol. The minimum absolute atomic E-state index is 0.755. The number of hydrogen-bond donors (Lipinski definition) is 0. The molecule has 0 radical (unpaired) electrons. The third-order valence-corrected chi connectivity index (χ3v) is 4.17. The van der Waals surface area contributed by atoms with E-state index in [-0.39, 0.29) is 0 Å². The first-order valence-electron chi connectivity index (χ1n) is 4.57. The molecule has 0 heterocycles. The molecule has 2 aliphatic rings. The molecule has 0 amide bonds. The molecule has 0 atom stereocenters. The van der Waals surface area contributed by atoms with Gasteiger partial charge >= 0.3 is 0 Å². The van der Waals surface area contributed by atoms with Gasteiger partial charge in [0.15, 0.2) is 0 Å².